The molecule has 2 aromatic heterocycles. The first kappa shape index (κ1) is 28.0. The lowest BCUT2D eigenvalue weighted by atomic mass is 10.1. The summed E-state index contributed by atoms with van der Waals surface area (Å²) < 4.78 is 64.9. The second-order valence-electron chi connectivity index (χ2n) is 9.47. The van der Waals surface area contributed by atoms with Crippen molar-refractivity contribution in [1.82, 2.24) is 19.9 Å². The van der Waals surface area contributed by atoms with E-state index in [1.807, 2.05) is 0 Å². The molecule has 1 N–H and O–H groups in total. The van der Waals surface area contributed by atoms with Gasteiger partial charge in [0.25, 0.3) is 5.56 Å². The van der Waals surface area contributed by atoms with Crippen molar-refractivity contribution >= 4 is 16.9 Å². The van der Waals surface area contributed by atoms with Gasteiger partial charge in [-0.05, 0) is 57.2 Å². The molecule has 2 heterocycles. The number of benzene rings is 1. The number of nitrogens with one attached hydrogen (secondary N) is 1. The summed E-state index contributed by atoms with van der Waals surface area (Å²) in [7, 11) is 1.51. The summed E-state index contributed by atoms with van der Waals surface area (Å²) in [5.74, 6) is -1.05. The molecule has 8 nitrogen and oxygen atoms in total. The maximum absolute atomic E-state index is 14.8. The Morgan fingerprint density at radius 2 is 1.84 bits per heavy atom. The van der Waals surface area contributed by atoms with Crippen molar-refractivity contribution in [2.75, 3.05) is 13.7 Å². The topological polar surface area (TPSA) is 95.3 Å². The summed E-state index contributed by atoms with van der Waals surface area (Å²) >= 11 is 0. The number of alkyl carbamates (subject to hydrolysis) is 1. The van der Waals surface area contributed by atoms with Crippen LogP contribution in [0.3, 0.4) is 0 Å². The molecule has 0 bridgehead atoms. The molecule has 0 spiro atoms. The number of fused-ring (bicyclic) bond motifs is 1. The lowest BCUT2D eigenvalue weighted by molar-refractivity contribution is -0.138. The fourth-order valence-corrected chi connectivity index (χ4v) is 3.65. The highest BCUT2D eigenvalue weighted by molar-refractivity contribution is 5.86. The number of halogens is 4. The number of ether oxygens (including phenoxy) is 2. The number of hydrogen-bond donors (Lipinski definition) is 1. The number of hydrogen-bond acceptors (Lipinski definition) is 6. The number of methoxy groups -OCH3 is 1. The second-order valence-corrected chi connectivity index (χ2v) is 9.47. The van der Waals surface area contributed by atoms with Gasteiger partial charge in [-0.2, -0.15) is 13.2 Å². The number of amides is 1. The van der Waals surface area contributed by atoms with E-state index in [2.05, 4.69) is 15.3 Å². The highest BCUT2D eigenvalue weighted by Crippen LogP contribution is 2.30. The number of carbonyl (C=O) groups excluding carboxylic acids is 1. The summed E-state index contributed by atoms with van der Waals surface area (Å²) in [6.07, 6.45) is -1.46. The molecule has 0 radical (unpaired) electrons. The van der Waals surface area contributed by atoms with Gasteiger partial charge in [0.15, 0.2) is 5.82 Å². The number of pyridine rings is 1. The average Bonchev–Trinajstić information content (AvgIpc) is 2.79. The Hall–Kier alpha value is -3.54. The van der Waals surface area contributed by atoms with Crippen LogP contribution in [0.1, 0.15) is 39.2 Å². The number of aryl methyl sites for hydroxylation is 1. The van der Waals surface area contributed by atoms with Crippen molar-refractivity contribution in [2.24, 2.45) is 0 Å². The Morgan fingerprint density at radius 1 is 1.16 bits per heavy atom. The molecule has 0 aliphatic carbocycles. The van der Waals surface area contributed by atoms with Gasteiger partial charge in [-0.15, -0.1) is 0 Å². The molecule has 37 heavy (non-hydrogen) atoms. The van der Waals surface area contributed by atoms with Crippen LogP contribution in [0.25, 0.3) is 22.2 Å². The largest absolute Gasteiger partial charge is 0.444 e. The standard InChI is InChI=1S/C25H28F4N4O4/c1-24(2,3)37-23(35)32-17(14-36-4)6-5-8-33-9-7-15-10-19(20(26)11-18(15)22(33)34)21-30-12-16(13-31-21)25(27,28)29/h7,9-13,17H,5-6,8,14H2,1-4H3,(H,32,35)/t17-/m1/s1. The lowest BCUT2D eigenvalue weighted by Crippen LogP contribution is -2.41. The van der Waals surface area contributed by atoms with Gasteiger partial charge in [0, 0.05) is 32.2 Å². The Labute approximate surface area is 210 Å². The number of nitrogens with zero attached hydrogens (tertiary/aromatic N) is 3. The van der Waals surface area contributed by atoms with E-state index in [9.17, 15) is 27.2 Å². The van der Waals surface area contributed by atoms with Crippen molar-refractivity contribution in [2.45, 2.75) is 58.0 Å². The van der Waals surface area contributed by atoms with Gasteiger partial charge in [-0.3, -0.25) is 4.79 Å². The first-order valence-electron chi connectivity index (χ1n) is 11.5. The van der Waals surface area contributed by atoms with Gasteiger partial charge in [0.2, 0.25) is 0 Å². The molecule has 1 amide bonds. The van der Waals surface area contributed by atoms with E-state index in [1.54, 1.807) is 33.0 Å². The van der Waals surface area contributed by atoms with Crippen LogP contribution in [-0.2, 0) is 22.2 Å². The van der Waals surface area contributed by atoms with Crippen LogP contribution >= 0.6 is 0 Å². The van der Waals surface area contributed by atoms with E-state index in [1.165, 1.54) is 17.7 Å². The fraction of sp³-hybridized carbons (Fsp3) is 0.440. The van der Waals surface area contributed by atoms with E-state index in [0.29, 0.717) is 37.2 Å². The molecule has 1 aromatic carbocycles. The van der Waals surface area contributed by atoms with Crippen LogP contribution in [0.5, 0.6) is 0 Å². The van der Waals surface area contributed by atoms with Crippen molar-refractivity contribution in [3.63, 3.8) is 0 Å². The van der Waals surface area contributed by atoms with Gasteiger partial charge in [-0.25, -0.2) is 19.2 Å². The van der Waals surface area contributed by atoms with Crippen LogP contribution in [0, 0.1) is 5.82 Å². The van der Waals surface area contributed by atoms with Crippen LogP contribution in [0.2, 0.25) is 0 Å². The SMILES string of the molecule is COC[C@@H](CCCn1ccc2cc(-c3ncc(C(F)(F)F)cn3)c(F)cc2c1=O)NC(=O)OC(C)(C)C. The van der Waals surface area contributed by atoms with E-state index in [0.717, 1.165) is 6.07 Å². The molecule has 12 heteroatoms. The van der Waals surface area contributed by atoms with Gasteiger partial charge in [0.05, 0.1) is 29.2 Å². The monoisotopic (exact) mass is 524 g/mol. The number of carbonyl (C=O) groups is 1. The van der Waals surface area contributed by atoms with Crippen LogP contribution in [0.4, 0.5) is 22.4 Å². The summed E-state index contributed by atoms with van der Waals surface area (Å²) in [5, 5.41) is 3.25. The van der Waals surface area contributed by atoms with Gasteiger partial charge >= 0.3 is 12.3 Å². The normalized spacial score (nSPS) is 13.0. The van der Waals surface area contributed by atoms with Crippen LogP contribution in [-0.4, -0.2) is 46.0 Å². The van der Waals surface area contributed by atoms with Crippen molar-refractivity contribution < 1.29 is 31.8 Å². The van der Waals surface area contributed by atoms with Crippen molar-refractivity contribution in [3.05, 3.63) is 58.5 Å². The lowest BCUT2D eigenvalue weighted by Gasteiger charge is -2.23. The summed E-state index contributed by atoms with van der Waals surface area (Å²) in [5.41, 5.74) is -2.24. The van der Waals surface area contributed by atoms with Gasteiger partial charge in [0.1, 0.15) is 11.4 Å². The predicted octanol–water partition coefficient (Wildman–Crippen LogP) is 4.94. The van der Waals surface area contributed by atoms with Gasteiger partial charge in [-0.1, -0.05) is 0 Å². The third-order valence-corrected chi connectivity index (χ3v) is 5.32. The molecule has 0 aliphatic rings. The van der Waals surface area contributed by atoms with Gasteiger partial charge < -0.3 is 19.4 Å². The Bertz CT molecular complexity index is 1300. The molecule has 0 unspecified atom stereocenters. The molecule has 0 saturated carbocycles. The quantitative estimate of drug-likeness (QED) is 0.420. The molecule has 200 valence electrons. The molecule has 3 aromatic rings. The average molecular weight is 525 g/mol. The Balaban J connectivity index is 1.74. The first-order chi connectivity index (χ1) is 17.3. The highest BCUT2D eigenvalue weighted by atomic mass is 19.4. The minimum atomic E-state index is -4.61. The number of aromatic nitrogens is 3. The molecular formula is C25H28F4N4O4. The van der Waals surface area contributed by atoms with E-state index < -0.39 is 34.8 Å². The smallest absolute Gasteiger partial charge is 0.419 e. The predicted molar refractivity (Wildman–Crippen MR) is 128 cm³/mol. The number of alkyl halides is 3. The molecule has 3 rings (SSSR count). The third-order valence-electron chi connectivity index (χ3n) is 5.32. The van der Waals surface area contributed by atoms with E-state index in [-0.39, 0.29) is 29.4 Å². The molecule has 0 saturated heterocycles. The van der Waals surface area contributed by atoms with Crippen LogP contribution < -0.4 is 10.9 Å². The summed E-state index contributed by atoms with van der Waals surface area (Å²) in [4.78, 5) is 32.3. The summed E-state index contributed by atoms with van der Waals surface area (Å²) in [6.45, 7) is 5.83. The minimum Gasteiger partial charge on any atom is -0.444 e. The Morgan fingerprint density at radius 3 is 2.43 bits per heavy atom. The fourth-order valence-electron chi connectivity index (χ4n) is 3.65. The highest BCUT2D eigenvalue weighted by Gasteiger charge is 2.31. The minimum absolute atomic E-state index is 0.107. The first-order valence-corrected chi connectivity index (χ1v) is 11.5. The maximum Gasteiger partial charge on any atom is 0.419 e. The Kier molecular flexibility index (Phi) is 8.52. The van der Waals surface area contributed by atoms with Crippen molar-refractivity contribution in [3.8, 4) is 11.4 Å². The number of rotatable bonds is 8. The zero-order chi connectivity index (χ0) is 27.4. The molecule has 1 atom stereocenters. The van der Waals surface area contributed by atoms with Crippen LogP contribution in [0.15, 0.2) is 41.6 Å². The van der Waals surface area contributed by atoms with Crippen molar-refractivity contribution in [1.29, 1.82) is 0 Å². The summed E-state index contributed by atoms with van der Waals surface area (Å²) in [6, 6.07) is 3.63. The zero-order valence-corrected chi connectivity index (χ0v) is 20.9. The zero-order valence-electron chi connectivity index (χ0n) is 20.9. The molecule has 0 aliphatic heterocycles. The van der Waals surface area contributed by atoms with E-state index in [4.69, 9.17) is 9.47 Å². The molecular weight excluding hydrogens is 496 g/mol. The second kappa shape index (κ2) is 11.2. The maximum atomic E-state index is 14.8. The third kappa shape index (κ3) is 7.48. The molecule has 0 fully saturated rings. The van der Waals surface area contributed by atoms with E-state index >= 15 is 0 Å².